The minimum Gasteiger partial charge on any atom is -0.496 e. The van der Waals surface area contributed by atoms with E-state index in [0.29, 0.717) is 10.7 Å². The van der Waals surface area contributed by atoms with Crippen LogP contribution in [0.2, 0.25) is 5.02 Å². The molecule has 7 heteroatoms. The van der Waals surface area contributed by atoms with E-state index >= 15 is 0 Å². The van der Waals surface area contributed by atoms with E-state index in [2.05, 4.69) is 10.6 Å². The topological polar surface area (TPSA) is 67.4 Å². The fraction of sp³-hybridized carbons (Fsp3) is 0.300. The molecule has 2 aromatic rings. The van der Waals surface area contributed by atoms with E-state index in [0.717, 1.165) is 16.9 Å². The van der Waals surface area contributed by atoms with E-state index in [4.69, 9.17) is 16.3 Å². The van der Waals surface area contributed by atoms with Crippen molar-refractivity contribution in [1.29, 1.82) is 0 Å². The number of rotatable bonds is 8. The first kappa shape index (κ1) is 21.1. The van der Waals surface area contributed by atoms with Crippen molar-refractivity contribution in [3.63, 3.8) is 0 Å². The zero-order valence-corrected chi connectivity index (χ0v) is 17.1. The molecule has 27 heavy (non-hydrogen) atoms. The summed E-state index contributed by atoms with van der Waals surface area (Å²) in [6, 6.07) is 12.5. The number of amides is 2. The zero-order chi connectivity index (χ0) is 19.8. The molecule has 5 nitrogen and oxygen atoms in total. The number of aryl methyl sites for hydroxylation is 1. The van der Waals surface area contributed by atoms with Crippen LogP contribution in [0.3, 0.4) is 0 Å². The normalized spacial score (nSPS) is 11.6. The number of hydrogen-bond donors (Lipinski definition) is 2. The molecule has 0 unspecified atom stereocenters. The van der Waals surface area contributed by atoms with E-state index in [9.17, 15) is 9.59 Å². The lowest BCUT2D eigenvalue weighted by molar-refractivity contribution is -0.119. The molecule has 2 N–H and O–H groups in total. The highest BCUT2D eigenvalue weighted by Crippen LogP contribution is 2.26. The third-order valence-corrected chi connectivity index (χ3v) is 5.01. The molecular formula is C20H23ClN2O3S. The third kappa shape index (κ3) is 6.81. The maximum absolute atomic E-state index is 12.2. The first-order valence-electron chi connectivity index (χ1n) is 8.46. The molecule has 0 spiro atoms. The molecule has 0 aliphatic heterocycles. The van der Waals surface area contributed by atoms with Crippen molar-refractivity contribution in [3.8, 4) is 5.75 Å². The number of thioether (sulfide) groups is 1. The zero-order valence-electron chi connectivity index (χ0n) is 15.5. The number of halogens is 1. The van der Waals surface area contributed by atoms with Gasteiger partial charge in [-0.05, 0) is 44.2 Å². The van der Waals surface area contributed by atoms with Gasteiger partial charge in [-0.1, -0.05) is 29.3 Å². The highest BCUT2D eigenvalue weighted by Gasteiger charge is 2.15. The molecule has 0 saturated carbocycles. The van der Waals surface area contributed by atoms with Crippen molar-refractivity contribution in [2.45, 2.75) is 19.9 Å². The Labute approximate surface area is 168 Å². The van der Waals surface area contributed by atoms with Crippen molar-refractivity contribution in [2.75, 3.05) is 23.9 Å². The molecule has 0 aliphatic carbocycles. The molecular weight excluding hydrogens is 384 g/mol. The number of ether oxygens (including phenoxy) is 1. The van der Waals surface area contributed by atoms with Crippen LogP contribution in [-0.4, -0.2) is 30.4 Å². The van der Waals surface area contributed by atoms with Gasteiger partial charge in [0.1, 0.15) is 5.75 Å². The van der Waals surface area contributed by atoms with E-state index < -0.39 is 0 Å². The van der Waals surface area contributed by atoms with Gasteiger partial charge in [0.25, 0.3) is 0 Å². The molecule has 0 aromatic heterocycles. The Morgan fingerprint density at radius 2 is 1.78 bits per heavy atom. The van der Waals surface area contributed by atoms with Crippen LogP contribution in [0.25, 0.3) is 0 Å². The molecule has 0 fully saturated rings. The summed E-state index contributed by atoms with van der Waals surface area (Å²) in [5.41, 5.74) is 2.70. The van der Waals surface area contributed by atoms with E-state index in [1.54, 1.807) is 31.4 Å². The molecule has 0 radical (unpaired) electrons. The van der Waals surface area contributed by atoms with Gasteiger partial charge < -0.3 is 15.4 Å². The van der Waals surface area contributed by atoms with Crippen LogP contribution in [0.15, 0.2) is 42.5 Å². The first-order chi connectivity index (χ1) is 12.9. The Hall–Kier alpha value is -2.18. The molecule has 0 heterocycles. The van der Waals surface area contributed by atoms with Gasteiger partial charge in [-0.3, -0.25) is 9.59 Å². The van der Waals surface area contributed by atoms with Crippen LogP contribution in [0.5, 0.6) is 5.75 Å². The van der Waals surface area contributed by atoms with Crippen LogP contribution < -0.4 is 15.4 Å². The molecule has 1 atom stereocenters. The fourth-order valence-corrected chi connectivity index (χ4v) is 3.27. The second-order valence-electron chi connectivity index (χ2n) is 6.08. The van der Waals surface area contributed by atoms with Crippen molar-refractivity contribution in [1.82, 2.24) is 5.32 Å². The number of benzene rings is 2. The Bertz CT molecular complexity index is 796. The van der Waals surface area contributed by atoms with Gasteiger partial charge in [-0.2, -0.15) is 0 Å². The summed E-state index contributed by atoms with van der Waals surface area (Å²) in [6.07, 6.45) is 0. The van der Waals surface area contributed by atoms with E-state index in [1.165, 1.54) is 11.8 Å². The number of carbonyl (C=O) groups is 2. The maximum Gasteiger partial charge on any atom is 0.234 e. The summed E-state index contributed by atoms with van der Waals surface area (Å²) >= 11 is 7.07. The fourth-order valence-electron chi connectivity index (χ4n) is 2.52. The molecule has 0 bridgehead atoms. The van der Waals surface area contributed by atoms with Crippen LogP contribution in [0.1, 0.15) is 24.1 Å². The molecule has 0 saturated heterocycles. The standard InChI is InChI=1S/C20H23ClN2O3S/c1-13-4-9-18(26-3)17(10-13)14(2)22-19(24)11-27-12-20(25)23-16-7-5-15(21)6-8-16/h4-10,14H,11-12H2,1-3H3,(H,22,24)(H,23,25)/t14-/m1/s1. The summed E-state index contributed by atoms with van der Waals surface area (Å²) in [5, 5.41) is 6.32. The smallest absolute Gasteiger partial charge is 0.234 e. The predicted molar refractivity (Wildman–Crippen MR) is 112 cm³/mol. The van der Waals surface area contributed by atoms with Gasteiger partial charge in [-0.25, -0.2) is 0 Å². The quantitative estimate of drug-likeness (QED) is 0.689. The van der Waals surface area contributed by atoms with E-state index in [-0.39, 0.29) is 29.4 Å². The van der Waals surface area contributed by atoms with E-state index in [1.807, 2.05) is 32.0 Å². The molecule has 2 amide bonds. The Morgan fingerprint density at radius 3 is 2.44 bits per heavy atom. The third-order valence-electron chi connectivity index (χ3n) is 3.82. The van der Waals surface area contributed by atoms with Crippen LogP contribution in [0.4, 0.5) is 5.69 Å². The lowest BCUT2D eigenvalue weighted by Crippen LogP contribution is -2.29. The number of methoxy groups -OCH3 is 1. The van der Waals surface area contributed by atoms with Gasteiger partial charge in [-0.15, -0.1) is 11.8 Å². The number of nitrogens with one attached hydrogen (secondary N) is 2. The SMILES string of the molecule is COc1ccc(C)cc1[C@@H](C)NC(=O)CSCC(=O)Nc1ccc(Cl)cc1. The number of anilines is 1. The second kappa shape index (κ2) is 10.2. The summed E-state index contributed by atoms with van der Waals surface area (Å²) in [7, 11) is 1.61. The highest BCUT2D eigenvalue weighted by molar-refractivity contribution is 8.00. The van der Waals surface area contributed by atoms with Crippen molar-refractivity contribution >= 4 is 40.9 Å². The largest absolute Gasteiger partial charge is 0.496 e. The number of hydrogen-bond acceptors (Lipinski definition) is 4. The minimum atomic E-state index is -0.184. The summed E-state index contributed by atoms with van der Waals surface area (Å²) in [4.78, 5) is 24.1. The average molecular weight is 407 g/mol. The Balaban J connectivity index is 1.78. The Morgan fingerprint density at radius 1 is 1.11 bits per heavy atom. The van der Waals surface area contributed by atoms with Crippen LogP contribution in [-0.2, 0) is 9.59 Å². The lowest BCUT2D eigenvalue weighted by atomic mass is 10.0. The van der Waals surface area contributed by atoms with Gasteiger partial charge >= 0.3 is 0 Å². The molecule has 144 valence electrons. The van der Waals surface area contributed by atoms with Crippen molar-refractivity contribution in [3.05, 3.63) is 58.6 Å². The second-order valence-corrected chi connectivity index (χ2v) is 7.50. The van der Waals surface area contributed by atoms with Gasteiger partial charge in [0, 0.05) is 16.3 Å². The summed E-state index contributed by atoms with van der Waals surface area (Å²) < 4.78 is 5.36. The summed E-state index contributed by atoms with van der Waals surface area (Å²) in [5.74, 6) is 0.840. The molecule has 2 rings (SSSR count). The molecule has 0 aliphatic rings. The van der Waals surface area contributed by atoms with Gasteiger partial charge in [0.15, 0.2) is 0 Å². The number of carbonyl (C=O) groups excluding carboxylic acids is 2. The van der Waals surface area contributed by atoms with Gasteiger partial charge in [0.05, 0.1) is 24.7 Å². The van der Waals surface area contributed by atoms with Gasteiger partial charge in [0.2, 0.25) is 11.8 Å². The van der Waals surface area contributed by atoms with Crippen LogP contribution >= 0.6 is 23.4 Å². The predicted octanol–water partition coefficient (Wildman–Crippen LogP) is 4.21. The summed E-state index contributed by atoms with van der Waals surface area (Å²) in [6.45, 7) is 3.90. The molecule has 2 aromatic carbocycles. The van der Waals surface area contributed by atoms with Crippen LogP contribution in [0, 0.1) is 6.92 Å². The minimum absolute atomic E-state index is 0.129. The van der Waals surface area contributed by atoms with Crippen molar-refractivity contribution < 1.29 is 14.3 Å². The Kier molecular flexibility index (Phi) is 8.00. The average Bonchev–Trinajstić information content (AvgIpc) is 2.63. The highest BCUT2D eigenvalue weighted by atomic mass is 35.5. The monoisotopic (exact) mass is 406 g/mol. The van der Waals surface area contributed by atoms with Crippen molar-refractivity contribution in [2.24, 2.45) is 0 Å². The first-order valence-corrected chi connectivity index (χ1v) is 9.99. The maximum atomic E-state index is 12.2. The lowest BCUT2D eigenvalue weighted by Gasteiger charge is -2.18.